The van der Waals surface area contributed by atoms with E-state index < -0.39 is 23.6 Å². The minimum Gasteiger partial charge on any atom is -0.465 e. The second-order valence-electron chi connectivity index (χ2n) is 5.97. The third kappa shape index (κ3) is 6.24. The minimum absolute atomic E-state index is 0.00564. The van der Waals surface area contributed by atoms with Crippen LogP contribution in [0.25, 0.3) is 0 Å². The predicted molar refractivity (Wildman–Crippen MR) is 92.0 cm³/mol. The van der Waals surface area contributed by atoms with Crippen molar-refractivity contribution in [2.24, 2.45) is 0 Å². The first-order chi connectivity index (χ1) is 12.1. The van der Waals surface area contributed by atoms with Crippen LogP contribution in [-0.4, -0.2) is 34.1 Å². The van der Waals surface area contributed by atoms with E-state index in [-0.39, 0.29) is 18.3 Å². The Bertz CT molecular complexity index is 689. The molecular formula is C17H21F3N2O3S. The molecule has 0 saturated carbocycles. The van der Waals surface area contributed by atoms with Crippen molar-refractivity contribution in [2.75, 3.05) is 6.54 Å². The highest BCUT2D eigenvalue weighted by atomic mass is 32.1. The third-order valence-electron chi connectivity index (χ3n) is 3.54. The quantitative estimate of drug-likeness (QED) is 0.604. The molecule has 1 heterocycles. The summed E-state index contributed by atoms with van der Waals surface area (Å²) in [4.78, 5) is 3.45. The van der Waals surface area contributed by atoms with Gasteiger partial charge < -0.3 is 20.3 Å². The first-order valence-corrected chi connectivity index (χ1v) is 8.91. The van der Waals surface area contributed by atoms with Gasteiger partial charge in [-0.25, -0.2) is 4.98 Å². The van der Waals surface area contributed by atoms with Crippen molar-refractivity contribution in [1.82, 2.24) is 10.3 Å². The Morgan fingerprint density at radius 1 is 1.19 bits per heavy atom. The predicted octanol–water partition coefficient (Wildman–Crippen LogP) is 3.13. The maximum absolute atomic E-state index is 12.5. The highest BCUT2D eigenvalue weighted by Crippen LogP contribution is 2.32. The van der Waals surface area contributed by atoms with Gasteiger partial charge >= 0.3 is 6.18 Å². The Morgan fingerprint density at radius 3 is 2.38 bits per heavy atom. The molecule has 0 aliphatic rings. The summed E-state index contributed by atoms with van der Waals surface area (Å²) >= 11 is 0.474. The van der Waals surface area contributed by atoms with E-state index in [4.69, 9.17) is 9.84 Å². The molecular weight excluding hydrogens is 369 g/mol. The molecule has 3 unspecified atom stereocenters. The molecule has 5 nitrogen and oxygen atoms in total. The number of nitrogens with one attached hydrogen (secondary N) is 1. The summed E-state index contributed by atoms with van der Waals surface area (Å²) in [5.41, 5.74) is 1.03. The van der Waals surface area contributed by atoms with Crippen LogP contribution in [0.4, 0.5) is 13.2 Å². The molecule has 144 valence electrons. The lowest BCUT2D eigenvalue weighted by Gasteiger charge is -2.17. The molecule has 0 aliphatic heterocycles. The monoisotopic (exact) mass is 390 g/mol. The van der Waals surface area contributed by atoms with Crippen LogP contribution in [0.3, 0.4) is 0 Å². The smallest absolute Gasteiger partial charge is 0.443 e. The van der Waals surface area contributed by atoms with Crippen molar-refractivity contribution in [3.63, 3.8) is 0 Å². The lowest BCUT2D eigenvalue weighted by atomic mass is 10.1. The molecule has 0 amide bonds. The van der Waals surface area contributed by atoms with Gasteiger partial charge in [0, 0.05) is 18.0 Å². The maximum atomic E-state index is 12.5. The van der Waals surface area contributed by atoms with Gasteiger partial charge in [-0.3, -0.25) is 0 Å². The highest BCUT2D eigenvalue weighted by Gasteiger charge is 2.35. The lowest BCUT2D eigenvalue weighted by molar-refractivity contribution is -0.137. The number of nitrogens with zero attached hydrogens (tertiary/aromatic N) is 1. The average molecular weight is 390 g/mol. The van der Waals surface area contributed by atoms with Gasteiger partial charge in [0.2, 0.25) is 0 Å². The van der Waals surface area contributed by atoms with Crippen LogP contribution in [0.1, 0.15) is 36.2 Å². The molecule has 2 aromatic rings. The second kappa shape index (κ2) is 8.81. The minimum atomic E-state index is -4.49. The van der Waals surface area contributed by atoms with Crippen molar-refractivity contribution in [2.45, 2.75) is 44.9 Å². The average Bonchev–Trinajstić information content (AvgIpc) is 3.04. The van der Waals surface area contributed by atoms with E-state index in [1.54, 1.807) is 12.1 Å². The number of hydrogen-bond acceptors (Lipinski definition) is 6. The van der Waals surface area contributed by atoms with Crippen LogP contribution in [0.2, 0.25) is 0 Å². The van der Waals surface area contributed by atoms with Gasteiger partial charge in [0.25, 0.3) is 0 Å². The Balaban J connectivity index is 1.82. The zero-order chi connectivity index (χ0) is 19.3. The van der Waals surface area contributed by atoms with Crippen LogP contribution in [0.5, 0.6) is 5.75 Å². The zero-order valence-corrected chi connectivity index (χ0v) is 15.1. The van der Waals surface area contributed by atoms with Gasteiger partial charge in [-0.1, -0.05) is 12.1 Å². The van der Waals surface area contributed by atoms with E-state index in [1.165, 1.54) is 12.3 Å². The highest BCUT2D eigenvalue weighted by molar-refractivity contribution is 7.09. The molecule has 0 saturated heterocycles. The number of ether oxygens (including phenoxy) is 1. The summed E-state index contributed by atoms with van der Waals surface area (Å²) in [7, 11) is 0. The number of alkyl halides is 3. The van der Waals surface area contributed by atoms with Gasteiger partial charge in [0.1, 0.15) is 11.9 Å². The van der Waals surface area contributed by atoms with Crippen LogP contribution in [0.15, 0.2) is 29.6 Å². The molecule has 0 aliphatic carbocycles. The van der Waals surface area contributed by atoms with E-state index in [1.807, 2.05) is 19.1 Å². The normalized spacial score (nSPS) is 15.5. The number of rotatable bonds is 8. The van der Waals surface area contributed by atoms with Crippen molar-refractivity contribution in [3.05, 3.63) is 45.9 Å². The van der Waals surface area contributed by atoms with Crippen LogP contribution in [-0.2, 0) is 12.6 Å². The Labute approximate surface area is 153 Å². The van der Waals surface area contributed by atoms with Crippen LogP contribution >= 0.6 is 11.3 Å². The van der Waals surface area contributed by atoms with Crippen molar-refractivity contribution in [3.8, 4) is 5.75 Å². The number of hydrogen-bond donors (Lipinski definition) is 3. The molecule has 0 spiro atoms. The molecule has 3 N–H and O–H groups in total. The molecule has 0 radical (unpaired) electrons. The zero-order valence-electron chi connectivity index (χ0n) is 14.3. The van der Waals surface area contributed by atoms with Gasteiger partial charge in [0.15, 0.2) is 11.3 Å². The van der Waals surface area contributed by atoms with Crippen LogP contribution in [0, 0.1) is 0 Å². The molecule has 9 heteroatoms. The Kier molecular flexibility index (Phi) is 6.99. The van der Waals surface area contributed by atoms with Crippen molar-refractivity contribution < 1.29 is 28.1 Å². The van der Waals surface area contributed by atoms with Gasteiger partial charge in [-0.05, 0) is 38.0 Å². The number of thiazole rings is 1. The molecule has 26 heavy (non-hydrogen) atoms. The van der Waals surface area contributed by atoms with E-state index in [0.717, 1.165) is 5.56 Å². The fourth-order valence-electron chi connectivity index (χ4n) is 2.31. The van der Waals surface area contributed by atoms with Crippen molar-refractivity contribution >= 4 is 11.3 Å². The third-order valence-corrected chi connectivity index (χ3v) is 4.44. The summed E-state index contributed by atoms with van der Waals surface area (Å²) in [6.07, 6.45) is -5.82. The standard InChI is InChI=1S/C17H21F3N2O3S/c1-10(7-12-3-5-13(6-4-12)25-11(2)23)21-8-15(24)14-9-26-16(22-14)17(18,19)20/h3-6,9-11,15,21,23-24H,7-8H2,1-2H3. The molecule has 3 atom stereocenters. The number of aliphatic hydroxyl groups is 2. The molecule has 0 fully saturated rings. The summed E-state index contributed by atoms with van der Waals surface area (Å²) in [5, 5.41) is 22.5. The van der Waals surface area contributed by atoms with Gasteiger partial charge in [-0.15, -0.1) is 11.3 Å². The summed E-state index contributed by atoms with van der Waals surface area (Å²) in [6, 6.07) is 7.22. The second-order valence-corrected chi connectivity index (χ2v) is 6.82. The first-order valence-electron chi connectivity index (χ1n) is 8.03. The van der Waals surface area contributed by atoms with Gasteiger partial charge in [0.05, 0.1) is 5.69 Å². The SMILES string of the molecule is CC(Cc1ccc(OC(C)O)cc1)NCC(O)c1csc(C(F)(F)F)n1. The fraction of sp³-hybridized carbons (Fsp3) is 0.471. The Hall–Kier alpha value is -1.68. The number of aliphatic hydroxyl groups excluding tert-OH is 2. The summed E-state index contributed by atoms with van der Waals surface area (Å²) in [5.74, 6) is 0.559. The summed E-state index contributed by atoms with van der Waals surface area (Å²) in [6.45, 7) is 3.53. The fourth-order valence-corrected chi connectivity index (χ4v) is 3.05. The Morgan fingerprint density at radius 2 is 1.85 bits per heavy atom. The van der Waals surface area contributed by atoms with E-state index in [2.05, 4.69) is 10.3 Å². The van der Waals surface area contributed by atoms with E-state index in [9.17, 15) is 18.3 Å². The van der Waals surface area contributed by atoms with Gasteiger partial charge in [-0.2, -0.15) is 13.2 Å². The number of benzene rings is 1. The molecule has 1 aromatic carbocycles. The lowest BCUT2D eigenvalue weighted by Crippen LogP contribution is -2.32. The largest absolute Gasteiger partial charge is 0.465 e. The van der Waals surface area contributed by atoms with E-state index >= 15 is 0 Å². The number of halogens is 3. The molecule has 0 bridgehead atoms. The topological polar surface area (TPSA) is 74.6 Å². The summed E-state index contributed by atoms with van der Waals surface area (Å²) < 4.78 is 42.8. The first kappa shape index (κ1) is 20.6. The number of aromatic nitrogens is 1. The maximum Gasteiger partial charge on any atom is 0.443 e. The van der Waals surface area contributed by atoms with Crippen LogP contribution < -0.4 is 10.1 Å². The molecule has 2 rings (SSSR count). The molecule has 1 aromatic heterocycles. The van der Waals surface area contributed by atoms with E-state index in [0.29, 0.717) is 23.5 Å². The van der Waals surface area contributed by atoms with Crippen molar-refractivity contribution in [1.29, 1.82) is 0 Å².